The normalized spacial score (nSPS) is 14.2. The predicted octanol–water partition coefficient (Wildman–Crippen LogP) is 2.16. The lowest BCUT2D eigenvalue weighted by atomic mass is 10.1. The number of carbonyl (C=O) groups excluding carboxylic acids is 1. The smallest absolute Gasteiger partial charge is 0.223 e. The summed E-state index contributed by atoms with van der Waals surface area (Å²) in [6, 6.07) is 10.5. The van der Waals surface area contributed by atoms with Gasteiger partial charge in [-0.05, 0) is 36.5 Å². The fourth-order valence-corrected chi connectivity index (χ4v) is 2.32. The van der Waals surface area contributed by atoms with E-state index in [1.54, 1.807) is 6.20 Å². The summed E-state index contributed by atoms with van der Waals surface area (Å²) in [6.45, 7) is 0.723. The third-order valence-electron chi connectivity index (χ3n) is 3.73. The van der Waals surface area contributed by atoms with Crippen molar-refractivity contribution >= 4 is 5.91 Å². The number of nitrogens with one attached hydrogen (secondary N) is 1. The maximum absolute atomic E-state index is 11.5. The van der Waals surface area contributed by atoms with Crippen LogP contribution >= 0.6 is 0 Å². The molecule has 4 heteroatoms. The van der Waals surface area contributed by atoms with Gasteiger partial charge in [-0.2, -0.15) is 5.10 Å². The number of aromatic nitrogens is 2. The van der Waals surface area contributed by atoms with Crippen LogP contribution in [0.15, 0.2) is 36.5 Å². The first-order valence-corrected chi connectivity index (χ1v) is 7.09. The summed E-state index contributed by atoms with van der Waals surface area (Å²) >= 11 is 0. The highest BCUT2D eigenvalue weighted by Crippen LogP contribution is 2.28. The minimum absolute atomic E-state index is 0.219. The van der Waals surface area contributed by atoms with Gasteiger partial charge in [-0.15, -0.1) is 0 Å². The Morgan fingerprint density at radius 3 is 2.65 bits per heavy atom. The van der Waals surface area contributed by atoms with Crippen LogP contribution in [0, 0.1) is 5.92 Å². The van der Waals surface area contributed by atoms with Crippen LogP contribution in [0.2, 0.25) is 0 Å². The van der Waals surface area contributed by atoms with E-state index in [0.717, 1.165) is 37.1 Å². The van der Waals surface area contributed by atoms with Crippen LogP contribution in [0.4, 0.5) is 0 Å². The monoisotopic (exact) mass is 269 g/mol. The molecule has 0 atom stereocenters. The molecule has 1 aromatic carbocycles. The highest BCUT2D eigenvalue weighted by atomic mass is 16.2. The van der Waals surface area contributed by atoms with Gasteiger partial charge in [0.2, 0.25) is 5.91 Å². The Hall–Kier alpha value is -2.10. The second kappa shape index (κ2) is 5.49. The number of nitrogens with zero attached hydrogens (tertiary/aromatic N) is 2. The third kappa shape index (κ3) is 2.90. The molecular formula is C16H19N3O. The van der Waals surface area contributed by atoms with Crippen molar-refractivity contribution in [3.05, 3.63) is 42.1 Å². The molecule has 0 unspecified atom stereocenters. The number of hydrogen-bond acceptors (Lipinski definition) is 2. The van der Waals surface area contributed by atoms with Crippen molar-refractivity contribution in [2.45, 2.75) is 19.3 Å². The molecule has 1 saturated carbocycles. The van der Waals surface area contributed by atoms with Crippen molar-refractivity contribution in [1.29, 1.82) is 0 Å². The first-order chi connectivity index (χ1) is 9.74. The summed E-state index contributed by atoms with van der Waals surface area (Å²) in [7, 11) is 1.94. The minimum Gasteiger partial charge on any atom is -0.356 e. The summed E-state index contributed by atoms with van der Waals surface area (Å²) in [6.07, 6.45) is 4.80. The Kier molecular flexibility index (Phi) is 3.54. The van der Waals surface area contributed by atoms with Gasteiger partial charge in [0.1, 0.15) is 0 Å². The summed E-state index contributed by atoms with van der Waals surface area (Å²) in [4.78, 5) is 11.5. The number of rotatable bonds is 5. The second-order valence-electron chi connectivity index (χ2n) is 5.35. The van der Waals surface area contributed by atoms with Gasteiger partial charge in [0.05, 0.1) is 5.69 Å². The molecule has 104 valence electrons. The second-order valence-corrected chi connectivity index (χ2v) is 5.35. The van der Waals surface area contributed by atoms with Crippen LogP contribution in [0.25, 0.3) is 11.3 Å². The van der Waals surface area contributed by atoms with E-state index in [-0.39, 0.29) is 5.91 Å². The molecule has 1 aromatic heterocycles. The number of benzene rings is 1. The van der Waals surface area contributed by atoms with Crippen molar-refractivity contribution < 1.29 is 4.79 Å². The summed E-state index contributed by atoms with van der Waals surface area (Å²) < 4.78 is 1.87. The molecule has 1 aliphatic carbocycles. The van der Waals surface area contributed by atoms with Gasteiger partial charge in [-0.3, -0.25) is 9.48 Å². The van der Waals surface area contributed by atoms with Crippen LogP contribution in [0.1, 0.15) is 18.4 Å². The quantitative estimate of drug-likeness (QED) is 0.904. The molecule has 4 nitrogen and oxygen atoms in total. The topological polar surface area (TPSA) is 46.9 Å². The summed E-state index contributed by atoms with van der Waals surface area (Å²) in [5.41, 5.74) is 3.52. The Balaban J connectivity index is 1.56. The lowest BCUT2D eigenvalue weighted by molar-refractivity contribution is -0.122. The SMILES string of the molecule is Cn1nccc1-c1ccc(CCNC(=O)C2CC2)cc1. The Labute approximate surface area is 118 Å². The van der Waals surface area contributed by atoms with E-state index in [1.165, 1.54) is 5.56 Å². The van der Waals surface area contributed by atoms with Crippen LogP contribution in [-0.2, 0) is 18.3 Å². The standard InChI is InChI=1S/C16H19N3O/c1-19-15(9-11-18-19)13-4-2-12(3-5-13)8-10-17-16(20)14-6-7-14/h2-5,9,11,14H,6-8,10H2,1H3,(H,17,20). The Bertz CT molecular complexity index is 596. The predicted molar refractivity (Wildman–Crippen MR) is 78.1 cm³/mol. The number of carbonyl (C=O) groups is 1. The van der Waals surface area contributed by atoms with Crippen molar-refractivity contribution in [3.8, 4) is 11.3 Å². The van der Waals surface area contributed by atoms with Gasteiger partial charge in [0.25, 0.3) is 0 Å². The van der Waals surface area contributed by atoms with E-state index < -0.39 is 0 Å². The summed E-state index contributed by atoms with van der Waals surface area (Å²) in [5.74, 6) is 0.513. The van der Waals surface area contributed by atoms with E-state index in [9.17, 15) is 4.79 Å². The van der Waals surface area contributed by atoms with E-state index >= 15 is 0 Å². The van der Waals surface area contributed by atoms with Gasteiger partial charge in [0, 0.05) is 25.7 Å². The van der Waals surface area contributed by atoms with Crippen molar-refractivity contribution in [2.24, 2.45) is 13.0 Å². The molecule has 0 aliphatic heterocycles. The lowest BCUT2D eigenvalue weighted by Crippen LogP contribution is -2.26. The fraction of sp³-hybridized carbons (Fsp3) is 0.375. The molecule has 0 bridgehead atoms. The highest BCUT2D eigenvalue weighted by Gasteiger charge is 2.28. The van der Waals surface area contributed by atoms with Crippen LogP contribution in [-0.4, -0.2) is 22.2 Å². The van der Waals surface area contributed by atoms with E-state index in [0.29, 0.717) is 5.92 Å². The van der Waals surface area contributed by atoms with Crippen molar-refractivity contribution in [2.75, 3.05) is 6.54 Å². The molecule has 2 aromatic rings. The average molecular weight is 269 g/mol. The zero-order chi connectivity index (χ0) is 13.9. The number of aryl methyl sites for hydroxylation is 1. The van der Waals surface area contributed by atoms with Crippen molar-refractivity contribution in [1.82, 2.24) is 15.1 Å². The van der Waals surface area contributed by atoms with Crippen LogP contribution < -0.4 is 5.32 Å². The summed E-state index contributed by atoms with van der Waals surface area (Å²) in [5, 5.41) is 7.17. The Morgan fingerprint density at radius 1 is 1.30 bits per heavy atom. The van der Waals surface area contributed by atoms with Gasteiger partial charge < -0.3 is 5.32 Å². The molecule has 20 heavy (non-hydrogen) atoms. The first kappa shape index (κ1) is 12.9. The molecule has 1 fully saturated rings. The maximum Gasteiger partial charge on any atom is 0.223 e. The van der Waals surface area contributed by atoms with Gasteiger partial charge in [-0.25, -0.2) is 0 Å². The zero-order valence-corrected chi connectivity index (χ0v) is 11.7. The average Bonchev–Trinajstić information content (AvgIpc) is 3.22. The lowest BCUT2D eigenvalue weighted by Gasteiger charge is -2.06. The number of hydrogen-bond donors (Lipinski definition) is 1. The maximum atomic E-state index is 11.5. The van der Waals surface area contributed by atoms with Gasteiger partial charge in [-0.1, -0.05) is 24.3 Å². The third-order valence-corrected chi connectivity index (χ3v) is 3.73. The molecule has 1 amide bonds. The minimum atomic E-state index is 0.219. The van der Waals surface area contributed by atoms with Crippen molar-refractivity contribution in [3.63, 3.8) is 0 Å². The van der Waals surface area contributed by atoms with Gasteiger partial charge in [0.15, 0.2) is 0 Å². The van der Waals surface area contributed by atoms with E-state index in [4.69, 9.17) is 0 Å². The highest BCUT2D eigenvalue weighted by molar-refractivity contribution is 5.80. The largest absolute Gasteiger partial charge is 0.356 e. The molecule has 1 heterocycles. The Morgan fingerprint density at radius 2 is 2.05 bits per heavy atom. The van der Waals surface area contributed by atoms with E-state index in [2.05, 4.69) is 34.7 Å². The van der Waals surface area contributed by atoms with E-state index in [1.807, 2.05) is 17.8 Å². The molecule has 1 aliphatic rings. The number of amides is 1. The molecular weight excluding hydrogens is 250 g/mol. The molecule has 0 saturated heterocycles. The molecule has 3 rings (SSSR count). The molecule has 0 spiro atoms. The van der Waals surface area contributed by atoms with Gasteiger partial charge >= 0.3 is 0 Å². The molecule has 1 N–H and O–H groups in total. The van der Waals surface area contributed by atoms with Crippen LogP contribution in [0.3, 0.4) is 0 Å². The molecule has 0 radical (unpaired) electrons. The first-order valence-electron chi connectivity index (χ1n) is 7.09. The zero-order valence-electron chi connectivity index (χ0n) is 11.7. The van der Waals surface area contributed by atoms with Crippen LogP contribution in [0.5, 0.6) is 0 Å². The fourth-order valence-electron chi connectivity index (χ4n) is 2.32.